The second-order valence-electron chi connectivity index (χ2n) is 7.02. The highest BCUT2D eigenvalue weighted by Crippen LogP contribution is 2.26. The molecule has 4 aromatic rings. The minimum atomic E-state index is 0.0933. The first kappa shape index (κ1) is 17.0. The number of rotatable bonds is 4. The summed E-state index contributed by atoms with van der Waals surface area (Å²) in [5.74, 6) is 0.931. The molecular weight excluding hydrogens is 350 g/mol. The van der Waals surface area contributed by atoms with Crippen molar-refractivity contribution in [2.24, 2.45) is 0 Å². The van der Waals surface area contributed by atoms with E-state index in [1.54, 1.807) is 12.4 Å². The number of pyridine rings is 2. The van der Waals surface area contributed by atoms with Gasteiger partial charge < -0.3 is 9.72 Å². The Morgan fingerprint density at radius 2 is 1.96 bits per heavy atom. The maximum Gasteiger partial charge on any atom is 0.126 e. The summed E-state index contributed by atoms with van der Waals surface area (Å²) >= 11 is 0. The molecular formula is C22H21N5O. The zero-order valence-corrected chi connectivity index (χ0v) is 15.5. The van der Waals surface area contributed by atoms with Crippen molar-refractivity contribution in [3.8, 4) is 11.3 Å². The summed E-state index contributed by atoms with van der Waals surface area (Å²) in [6, 6.07) is 14.5. The topological polar surface area (TPSA) is 66.9 Å². The molecule has 1 aliphatic heterocycles. The van der Waals surface area contributed by atoms with Crippen LogP contribution in [0.4, 0.5) is 0 Å². The highest BCUT2D eigenvalue weighted by Gasteiger charge is 2.27. The molecule has 140 valence electrons. The molecule has 1 atom stereocenters. The van der Waals surface area contributed by atoms with Gasteiger partial charge in [-0.25, -0.2) is 4.98 Å². The number of imidazole rings is 1. The van der Waals surface area contributed by atoms with E-state index in [2.05, 4.69) is 43.0 Å². The molecule has 0 amide bonds. The van der Waals surface area contributed by atoms with Crippen LogP contribution in [-0.4, -0.2) is 44.6 Å². The Kier molecular flexibility index (Phi) is 4.56. The molecule has 0 saturated carbocycles. The molecule has 1 aliphatic rings. The smallest absolute Gasteiger partial charge is 0.126 e. The van der Waals surface area contributed by atoms with Crippen LogP contribution in [0.25, 0.3) is 22.2 Å². The first-order valence-corrected chi connectivity index (χ1v) is 9.47. The molecule has 1 aromatic carbocycles. The van der Waals surface area contributed by atoms with Gasteiger partial charge in [0, 0.05) is 42.6 Å². The lowest BCUT2D eigenvalue weighted by atomic mass is 10.1. The van der Waals surface area contributed by atoms with Gasteiger partial charge in [0.2, 0.25) is 0 Å². The molecule has 3 aromatic heterocycles. The highest BCUT2D eigenvalue weighted by molar-refractivity contribution is 5.78. The lowest BCUT2D eigenvalue weighted by Gasteiger charge is -2.34. The summed E-state index contributed by atoms with van der Waals surface area (Å²) in [6.45, 7) is 3.04. The Morgan fingerprint density at radius 1 is 1.07 bits per heavy atom. The third kappa shape index (κ3) is 3.40. The number of aromatic nitrogens is 4. The van der Waals surface area contributed by atoms with Gasteiger partial charge >= 0.3 is 0 Å². The van der Waals surface area contributed by atoms with Crippen LogP contribution in [0.5, 0.6) is 0 Å². The molecule has 28 heavy (non-hydrogen) atoms. The number of para-hydroxylation sites is 1. The lowest BCUT2D eigenvalue weighted by molar-refractivity contribution is -0.0156. The minimum Gasteiger partial charge on any atom is -0.378 e. The van der Waals surface area contributed by atoms with Crippen LogP contribution in [0.2, 0.25) is 0 Å². The fourth-order valence-corrected chi connectivity index (χ4v) is 3.70. The van der Waals surface area contributed by atoms with Crippen LogP contribution in [0.1, 0.15) is 17.4 Å². The first-order chi connectivity index (χ1) is 13.9. The molecule has 6 nitrogen and oxygen atoms in total. The number of ether oxygens (including phenoxy) is 1. The largest absolute Gasteiger partial charge is 0.378 e. The van der Waals surface area contributed by atoms with E-state index < -0.39 is 0 Å². The van der Waals surface area contributed by atoms with Crippen LogP contribution >= 0.6 is 0 Å². The third-order valence-corrected chi connectivity index (χ3v) is 5.17. The predicted molar refractivity (Wildman–Crippen MR) is 108 cm³/mol. The number of nitrogens with zero attached hydrogens (tertiary/aromatic N) is 4. The summed E-state index contributed by atoms with van der Waals surface area (Å²) in [6.07, 6.45) is 7.44. The molecule has 0 spiro atoms. The van der Waals surface area contributed by atoms with E-state index in [-0.39, 0.29) is 6.04 Å². The zero-order valence-electron chi connectivity index (χ0n) is 15.5. The van der Waals surface area contributed by atoms with Gasteiger partial charge in [-0.15, -0.1) is 0 Å². The van der Waals surface area contributed by atoms with Crippen LogP contribution in [0.15, 0.2) is 67.3 Å². The average molecular weight is 371 g/mol. The molecule has 1 fully saturated rings. The average Bonchev–Trinajstić information content (AvgIpc) is 3.25. The lowest BCUT2D eigenvalue weighted by Crippen LogP contribution is -2.39. The maximum absolute atomic E-state index is 5.76. The summed E-state index contributed by atoms with van der Waals surface area (Å²) < 4.78 is 5.76. The van der Waals surface area contributed by atoms with E-state index in [1.807, 2.05) is 36.7 Å². The van der Waals surface area contributed by atoms with Crippen molar-refractivity contribution >= 4 is 10.9 Å². The highest BCUT2D eigenvalue weighted by atomic mass is 16.5. The molecule has 0 unspecified atom stereocenters. The van der Waals surface area contributed by atoms with E-state index in [9.17, 15) is 0 Å². The van der Waals surface area contributed by atoms with E-state index in [1.165, 1.54) is 10.9 Å². The zero-order chi connectivity index (χ0) is 18.8. The predicted octanol–water partition coefficient (Wildman–Crippen LogP) is 3.59. The second kappa shape index (κ2) is 7.50. The molecule has 0 aliphatic carbocycles. The molecule has 0 bridgehead atoms. The van der Waals surface area contributed by atoms with Crippen LogP contribution in [-0.2, 0) is 11.3 Å². The van der Waals surface area contributed by atoms with Crippen molar-refractivity contribution in [3.63, 3.8) is 0 Å². The Balaban J connectivity index is 1.39. The van der Waals surface area contributed by atoms with E-state index >= 15 is 0 Å². The summed E-state index contributed by atoms with van der Waals surface area (Å²) in [7, 11) is 0. The molecule has 1 saturated heterocycles. The van der Waals surface area contributed by atoms with Gasteiger partial charge in [-0.05, 0) is 29.8 Å². The van der Waals surface area contributed by atoms with Crippen LogP contribution in [0, 0.1) is 0 Å². The summed E-state index contributed by atoms with van der Waals surface area (Å²) in [5, 5.41) is 1.17. The fourth-order valence-electron chi connectivity index (χ4n) is 3.70. The molecule has 6 heteroatoms. The summed E-state index contributed by atoms with van der Waals surface area (Å²) in [4.78, 5) is 19.2. The number of H-pyrrole nitrogens is 1. The van der Waals surface area contributed by atoms with Crippen molar-refractivity contribution in [2.75, 3.05) is 19.8 Å². The Bertz CT molecular complexity index is 1080. The number of fused-ring (bicyclic) bond motifs is 1. The van der Waals surface area contributed by atoms with Gasteiger partial charge in [-0.2, -0.15) is 0 Å². The van der Waals surface area contributed by atoms with Crippen LogP contribution < -0.4 is 0 Å². The Morgan fingerprint density at radius 3 is 2.89 bits per heavy atom. The number of nitrogens with one attached hydrogen (secondary N) is 1. The fraction of sp³-hybridized carbons (Fsp3) is 0.227. The molecule has 0 radical (unpaired) electrons. The van der Waals surface area contributed by atoms with Gasteiger partial charge in [-0.1, -0.05) is 18.2 Å². The summed E-state index contributed by atoms with van der Waals surface area (Å²) in [5.41, 5.74) is 4.30. The van der Waals surface area contributed by atoms with Crippen molar-refractivity contribution in [1.29, 1.82) is 0 Å². The number of hydrogen-bond acceptors (Lipinski definition) is 5. The van der Waals surface area contributed by atoms with Gasteiger partial charge in [0.05, 0.1) is 36.7 Å². The van der Waals surface area contributed by atoms with Gasteiger partial charge in [0.1, 0.15) is 5.82 Å². The van der Waals surface area contributed by atoms with Crippen LogP contribution in [0.3, 0.4) is 0 Å². The van der Waals surface area contributed by atoms with Crippen molar-refractivity contribution in [1.82, 2.24) is 24.8 Å². The number of hydrogen-bond donors (Lipinski definition) is 1. The first-order valence-electron chi connectivity index (χ1n) is 9.47. The number of benzene rings is 1. The van der Waals surface area contributed by atoms with E-state index in [4.69, 9.17) is 4.74 Å². The quantitative estimate of drug-likeness (QED) is 0.594. The van der Waals surface area contributed by atoms with Gasteiger partial charge in [-0.3, -0.25) is 14.9 Å². The van der Waals surface area contributed by atoms with E-state index in [0.717, 1.165) is 42.3 Å². The number of aromatic amines is 1. The van der Waals surface area contributed by atoms with Crippen molar-refractivity contribution in [3.05, 3.63) is 78.6 Å². The SMILES string of the molecule is c1ccc2ncc(CN3CCOC[C@H]3c3ncc(-c4ccncc4)[nH]3)cc2c1. The third-order valence-electron chi connectivity index (χ3n) is 5.17. The normalized spacial score (nSPS) is 17.8. The monoisotopic (exact) mass is 371 g/mol. The minimum absolute atomic E-state index is 0.0933. The van der Waals surface area contributed by atoms with E-state index in [0.29, 0.717) is 6.61 Å². The van der Waals surface area contributed by atoms with Gasteiger partial charge in [0.25, 0.3) is 0 Å². The Labute approximate surface area is 163 Å². The van der Waals surface area contributed by atoms with Crippen molar-refractivity contribution < 1.29 is 4.74 Å². The van der Waals surface area contributed by atoms with Crippen molar-refractivity contribution in [2.45, 2.75) is 12.6 Å². The molecule has 5 rings (SSSR count). The van der Waals surface area contributed by atoms with Gasteiger partial charge in [0.15, 0.2) is 0 Å². The maximum atomic E-state index is 5.76. The Hall–Kier alpha value is -3.09. The second-order valence-corrected chi connectivity index (χ2v) is 7.02. The molecule has 1 N–H and O–H groups in total. The number of morpholine rings is 1. The standard InChI is InChI=1S/C22H21N5O/c1-2-4-19-18(3-1)11-16(12-24-19)14-27-9-10-28-15-21(27)22-25-13-20(26-22)17-5-7-23-8-6-17/h1-8,11-13,21H,9-10,14-15H2,(H,25,26)/t21-/m0/s1. The molecule has 4 heterocycles.